The van der Waals surface area contributed by atoms with E-state index in [0.717, 1.165) is 18.9 Å². The molecule has 1 atom stereocenters. The van der Waals surface area contributed by atoms with E-state index >= 15 is 0 Å². The van der Waals surface area contributed by atoms with Crippen LogP contribution in [0.15, 0.2) is 24.3 Å². The molecule has 6 nitrogen and oxygen atoms in total. The molecule has 98 valence electrons. The van der Waals surface area contributed by atoms with Gasteiger partial charge >= 0.3 is 5.97 Å². The van der Waals surface area contributed by atoms with E-state index in [1.54, 1.807) is 24.3 Å². The van der Waals surface area contributed by atoms with E-state index in [4.69, 9.17) is 9.84 Å². The molecular formula is C13H13N3O3. The lowest BCUT2D eigenvalue weighted by Gasteiger charge is -2.00. The van der Waals surface area contributed by atoms with Gasteiger partial charge in [-0.3, -0.25) is 5.10 Å². The molecule has 0 amide bonds. The van der Waals surface area contributed by atoms with Crippen LogP contribution in [0.4, 0.5) is 0 Å². The Kier molecular flexibility index (Phi) is 3.00. The van der Waals surface area contributed by atoms with E-state index in [1.807, 2.05) is 0 Å². The molecule has 6 heteroatoms. The first-order chi connectivity index (χ1) is 9.24. The minimum atomic E-state index is -0.957. The minimum absolute atomic E-state index is 0.230. The van der Waals surface area contributed by atoms with Crippen molar-refractivity contribution < 1.29 is 14.6 Å². The van der Waals surface area contributed by atoms with Gasteiger partial charge in [-0.25, -0.2) is 9.78 Å². The summed E-state index contributed by atoms with van der Waals surface area (Å²) in [5, 5.41) is 16.0. The third-order valence-electron chi connectivity index (χ3n) is 3.19. The van der Waals surface area contributed by atoms with Crippen molar-refractivity contribution >= 4 is 5.97 Å². The summed E-state index contributed by atoms with van der Waals surface area (Å²) in [4.78, 5) is 15.4. The van der Waals surface area contributed by atoms with Crippen molar-refractivity contribution in [2.45, 2.75) is 12.3 Å². The van der Waals surface area contributed by atoms with Gasteiger partial charge in [-0.1, -0.05) is 12.1 Å². The molecule has 3 rings (SSSR count). The van der Waals surface area contributed by atoms with Gasteiger partial charge < -0.3 is 9.84 Å². The lowest BCUT2D eigenvalue weighted by atomic mass is 10.1. The number of rotatable bonds is 3. The average Bonchev–Trinajstić information content (AvgIpc) is 3.09. The number of nitrogens with zero attached hydrogens (tertiary/aromatic N) is 2. The van der Waals surface area contributed by atoms with Gasteiger partial charge in [0.05, 0.1) is 12.2 Å². The maximum atomic E-state index is 10.9. The zero-order valence-electron chi connectivity index (χ0n) is 10.2. The van der Waals surface area contributed by atoms with E-state index < -0.39 is 5.97 Å². The second-order valence-electron chi connectivity index (χ2n) is 4.49. The van der Waals surface area contributed by atoms with E-state index in [-0.39, 0.29) is 11.5 Å². The molecule has 2 heterocycles. The number of hydrogen-bond acceptors (Lipinski definition) is 4. The summed E-state index contributed by atoms with van der Waals surface area (Å²) < 4.78 is 5.31. The van der Waals surface area contributed by atoms with Gasteiger partial charge in [0.25, 0.3) is 0 Å². The summed E-state index contributed by atoms with van der Waals surface area (Å²) in [7, 11) is 0. The normalized spacial score (nSPS) is 18.6. The Balaban J connectivity index is 1.89. The Bertz CT molecular complexity index is 603. The van der Waals surface area contributed by atoms with Gasteiger partial charge in [0.2, 0.25) is 0 Å². The first kappa shape index (κ1) is 11.9. The topological polar surface area (TPSA) is 88.1 Å². The quantitative estimate of drug-likeness (QED) is 0.875. The van der Waals surface area contributed by atoms with Gasteiger partial charge in [-0.05, 0) is 18.6 Å². The monoisotopic (exact) mass is 259 g/mol. The van der Waals surface area contributed by atoms with Crippen LogP contribution in [0.5, 0.6) is 0 Å². The number of carboxylic acid groups (broad SMARTS) is 1. The van der Waals surface area contributed by atoms with Crippen molar-refractivity contribution in [3.05, 3.63) is 35.7 Å². The molecule has 0 bridgehead atoms. The van der Waals surface area contributed by atoms with Crippen molar-refractivity contribution in [1.82, 2.24) is 15.2 Å². The number of nitrogens with one attached hydrogen (secondary N) is 1. The number of aromatic carboxylic acids is 1. The van der Waals surface area contributed by atoms with Crippen molar-refractivity contribution in [3.63, 3.8) is 0 Å². The summed E-state index contributed by atoms with van der Waals surface area (Å²) >= 11 is 0. The van der Waals surface area contributed by atoms with Crippen molar-refractivity contribution in [3.8, 4) is 11.4 Å². The van der Waals surface area contributed by atoms with Gasteiger partial charge in [-0.2, -0.15) is 5.10 Å². The molecule has 1 aliphatic rings. The molecule has 0 spiro atoms. The standard InChI is InChI=1S/C13H13N3O3/c17-13(18)9-3-1-2-8(6-9)11-14-12(16-15-11)10-4-5-19-7-10/h1-3,6,10H,4-5,7H2,(H,17,18)(H,14,15,16)/t10-/m1/s1. The van der Waals surface area contributed by atoms with Crippen LogP contribution in [0.1, 0.15) is 28.5 Å². The van der Waals surface area contributed by atoms with Crippen LogP contribution in [0.3, 0.4) is 0 Å². The Morgan fingerprint density at radius 2 is 2.37 bits per heavy atom. The fraction of sp³-hybridized carbons (Fsp3) is 0.308. The highest BCUT2D eigenvalue weighted by Gasteiger charge is 2.21. The van der Waals surface area contributed by atoms with Gasteiger partial charge in [0.1, 0.15) is 5.82 Å². The van der Waals surface area contributed by atoms with Crippen LogP contribution in [0.25, 0.3) is 11.4 Å². The second kappa shape index (κ2) is 4.81. The molecule has 1 aromatic heterocycles. The number of hydrogen-bond donors (Lipinski definition) is 2. The third-order valence-corrected chi connectivity index (χ3v) is 3.19. The van der Waals surface area contributed by atoms with Crippen LogP contribution in [-0.2, 0) is 4.74 Å². The Morgan fingerprint density at radius 3 is 3.11 bits per heavy atom. The maximum absolute atomic E-state index is 10.9. The number of carbonyl (C=O) groups is 1. The second-order valence-corrected chi connectivity index (χ2v) is 4.49. The van der Waals surface area contributed by atoms with E-state index in [9.17, 15) is 4.79 Å². The van der Waals surface area contributed by atoms with Crippen molar-refractivity contribution in [2.75, 3.05) is 13.2 Å². The van der Waals surface area contributed by atoms with Gasteiger partial charge in [0, 0.05) is 18.1 Å². The first-order valence-electron chi connectivity index (χ1n) is 6.08. The number of aromatic nitrogens is 3. The Hall–Kier alpha value is -2.21. The van der Waals surface area contributed by atoms with E-state index in [0.29, 0.717) is 18.0 Å². The predicted octanol–water partition coefficient (Wildman–Crippen LogP) is 1.67. The average molecular weight is 259 g/mol. The van der Waals surface area contributed by atoms with Crippen LogP contribution in [0, 0.1) is 0 Å². The largest absolute Gasteiger partial charge is 0.478 e. The van der Waals surface area contributed by atoms with Gasteiger partial charge in [-0.15, -0.1) is 0 Å². The Morgan fingerprint density at radius 1 is 1.47 bits per heavy atom. The molecule has 2 aromatic rings. The molecule has 0 saturated carbocycles. The lowest BCUT2D eigenvalue weighted by Crippen LogP contribution is -1.99. The highest BCUT2D eigenvalue weighted by molar-refractivity contribution is 5.89. The molecule has 1 aromatic carbocycles. The van der Waals surface area contributed by atoms with Gasteiger partial charge in [0.15, 0.2) is 5.82 Å². The van der Waals surface area contributed by atoms with Crippen LogP contribution >= 0.6 is 0 Å². The fourth-order valence-corrected chi connectivity index (χ4v) is 2.13. The summed E-state index contributed by atoms with van der Waals surface area (Å²) in [6.07, 6.45) is 0.934. The van der Waals surface area contributed by atoms with E-state index in [2.05, 4.69) is 15.2 Å². The number of aromatic amines is 1. The smallest absolute Gasteiger partial charge is 0.335 e. The zero-order valence-corrected chi connectivity index (χ0v) is 10.2. The summed E-state index contributed by atoms with van der Waals surface area (Å²) in [6.45, 7) is 1.40. The molecule has 0 aliphatic carbocycles. The van der Waals surface area contributed by atoms with Crippen molar-refractivity contribution in [2.24, 2.45) is 0 Å². The molecule has 19 heavy (non-hydrogen) atoms. The number of ether oxygens (including phenoxy) is 1. The lowest BCUT2D eigenvalue weighted by molar-refractivity contribution is 0.0697. The SMILES string of the molecule is O=C(O)c1cccc(-c2n[nH]c([C@@H]3CCOC3)n2)c1. The molecule has 0 unspecified atom stereocenters. The highest BCUT2D eigenvalue weighted by Crippen LogP contribution is 2.24. The predicted molar refractivity (Wildman–Crippen MR) is 67.0 cm³/mol. The molecule has 1 saturated heterocycles. The maximum Gasteiger partial charge on any atom is 0.335 e. The fourth-order valence-electron chi connectivity index (χ4n) is 2.13. The molecule has 0 radical (unpaired) electrons. The molecule has 1 fully saturated rings. The number of carboxylic acids is 1. The minimum Gasteiger partial charge on any atom is -0.478 e. The zero-order chi connectivity index (χ0) is 13.2. The molecular weight excluding hydrogens is 246 g/mol. The summed E-state index contributed by atoms with van der Waals surface area (Å²) in [5.41, 5.74) is 0.925. The van der Waals surface area contributed by atoms with Crippen LogP contribution in [0.2, 0.25) is 0 Å². The van der Waals surface area contributed by atoms with E-state index in [1.165, 1.54) is 0 Å². The molecule has 2 N–H and O–H groups in total. The van der Waals surface area contributed by atoms with Crippen molar-refractivity contribution in [1.29, 1.82) is 0 Å². The number of H-pyrrole nitrogens is 1. The summed E-state index contributed by atoms with van der Waals surface area (Å²) in [6, 6.07) is 6.60. The molecule has 1 aliphatic heterocycles. The highest BCUT2D eigenvalue weighted by atomic mass is 16.5. The Labute approximate surface area is 109 Å². The summed E-state index contributed by atoms with van der Waals surface area (Å²) in [5.74, 6) is 0.615. The first-order valence-corrected chi connectivity index (χ1v) is 6.08. The third kappa shape index (κ3) is 2.34. The van der Waals surface area contributed by atoms with Crippen LogP contribution in [-0.4, -0.2) is 39.5 Å². The van der Waals surface area contributed by atoms with Crippen LogP contribution < -0.4 is 0 Å². The number of benzene rings is 1.